The van der Waals surface area contributed by atoms with Crippen molar-refractivity contribution >= 4 is 11.8 Å². The third kappa shape index (κ3) is 14.7. The van der Waals surface area contributed by atoms with Gasteiger partial charge < -0.3 is 14.6 Å². The van der Waals surface area contributed by atoms with Gasteiger partial charge in [-0.1, -0.05) is 104 Å². The maximum absolute atomic E-state index is 12.0. The molecule has 1 aromatic rings. The summed E-state index contributed by atoms with van der Waals surface area (Å²) in [4.78, 5) is 23.1. The van der Waals surface area contributed by atoms with Gasteiger partial charge in [-0.15, -0.1) is 0 Å². The first-order valence-corrected chi connectivity index (χ1v) is 13.3. The largest absolute Gasteiger partial charge is 0.493 e. The number of ether oxygens (including phenoxy) is 2. The van der Waals surface area contributed by atoms with Gasteiger partial charge in [0, 0.05) is 11.6 Å². The number of rotatable bonds is 22. The normalized spacial score (nSPS) is 10.8. The molecule has 0 heterocycles. The molecule has 0 unspecified atom stereocenters. The van der Waals surface area contributed by atoms with Crippen LogP contribution in [-0.2, 0) is 4.79 Å². The Kier molecular flexibility index (Phi) is 17.1. The van der Waals surface area contributed by atoms with Crippen LogP contribution in [0.1, 0.15) is 127 Å². The van der Waals surface area contributed by atoms with Crippen molar-refractivity contribution in [1.29, 1.82) is 0 Å². The van der Waals surface area contributed by atoms with Gasteiger partial charge in [0.2, 0.25) is 0 Å². The predicted octanol–water partition coefficient (Wildman–Crippen LogP) is 7.99. The molecule has 0 spiro atoms. The van der Waals surface area contributed by atoms with Crippen molar-refractivity contribution in [2.45, 2.75) is 117 Å². The second-order valence-electron chi connectivity index (χ2n) is 8.97. The van der Waals surface area contributed by atoms with E-state index in [1.807, 2.05) is 0 Å². The molecule has 5 nitrogen and oxygen atoms in total. The zero-order valence-electron chi connectivity index (χ0n) is 21.0. The Balaban J connectivity index is 2.41. The second-order valence-corrected chi connectivity index (χ2v) is 8.97. The molecular formula is C28H46O5. The minimum Gasteiger partial charge on any atom is -0.493 e. The Morgan fingerprint density at radius 2 is 0.970 bits per heavy atom. The van der Waals surface area contributed by atoms with Gasteiger partial charge in [-0.3, -0.25) is 4.79 Å². The number of aliphatic carboxylic acids is 1. The van der Waals surface area contributed by atoms with Crippen LogP contribution in [0.2, 0.25) is 0 Å². The van der Waals surface area contributed by atoms with Gasteiger partial charge in [0.1, 0.15) is 11.5 Å². The van der Waals surface area contributed by atoms with Crippen molar-refractivity contribution < 1.29 is 24.2 Å². The molecule has 0 aliphatic carbocycles. The highest BCUT2D eigenvalue weighted by Gasteiger charge is 2.17. The highest BCUT2D eigenvalue weighted by molar-refractivity contribution is 6.40. The fourth-order valence-corrected chi connectivity index (χ4v) is 3.84. The summed E-state index contributed by atoms with van der Waals surface area (Å²) in [6.07, 6.45) is 19.5. The number of hydrogen-bond donors (Lipinski definition) is 1. The standard InChI is InChI=1S/C28H46O5/c1-3-5-7-9-11-13-15-17-19-32-25-21-24(27(29)28(30)31)22-26(23-25)33-20-18-16-14-12-10-8-6-4-2/h21-23H,3-20H2,1-2H3,(H,30,31). The third-order valence-corrected chi connectivity index (χ3v) is 5.87. The summed E-state index contributed by atoms with van der Waals surface area (Å²) in [7, 11) is 0. The first-order chi connectivity index (χ1) is 16.1. The summed E-state index contributed by atoms with van der Waals surface area (Å²) in [6.45, 7) is 5.56. The number of unbranched alkanes of at least 4 members (excludes halogenated alkanes) is 14. The van der Waals surface area contributed by atoms with E-state index >= 15 is 0 Å². The van der Waals surface area contributed by atoms with Crippen LogP contribution in [0.15, 0.2) is 18.2 Å². The van der Waals surface area contributed by atoms with E-state index in [9.17, 15) is 9.59 Å². The number of carbonyl (C=O) groups excluding carboxylic acids is 1. The average Bonchev–Trinajstić information content (AvgIpc) is 2.81. The number of carbonyl (C=O) groups is 2. The lowest BCUT2D eigenvalue weighted by Gasteiger charge is -2.12. The summed E-state index contributed by atoms with van der Waals surface area (Å²) in [5.41, 5.74) is 0.0989. The molecule has 0 atom stereocenters. The smallest absolute Gasteiger partial charge is 0.377 e. The molecule has 188 valence electrons. The van der Waals surface area contributed by atoms with Crippen LogP contribution >= 0.6 is 0 Å². The van der Waals surface area contributed by atoms with Crippen LogP contribution in [0.3, 0.4) is 0 Å². The SMILES string of the molecule is CCCCCCCCCCOc1cc(OCCCCCCCCCC)cc(C(=O)C(=O)O)c1. The summed E-state index contributed by atoms with van der Waals surface area (Å²) < 4.78 is 11.7. The third-order valence-electron chi connectivity index (χ3n) is 5.87. The molecule has 0 saturated heterocycles. The monoisotopic (exact) mass is 462 g/mol. The number of ketones is 1. The lowest BCUT2D eigenvalue weighted by Crippen LogP contribution is -2.13. The van der Waals surface area contributed by atoms with E-state index < -0.39 is 11.8 Å². The van der Waals surface area contributed by atoms with E-state index in [4.69, 9.17) is 14.6 Å². The molecule has 1 aromatic carbocycles. The lowest BCUT2D eigenvalue weighted by atomic mass is 10.1. The molecule has 0 amide bonds. The summed E-state index contributed by atoms with van der Waals surface area (Å²) in [5.74, 6) is -1.42. The zero-order chi connectivity index (χ0) is 24.2. The second kappa shape index (κ2) is 19.4. The molecule has 0 radical (unpaired) electrons. The molecular weight excluding hydrogens is 416 g/mol. The fraction of sp³-hybridized carbons (Fsp3) is 0.714. The van der Waals surface area contributed by atoms with Gasteiger partial charge in [0.25, 0.3) is 5.78 Å². The number of carboxylic acids is 1. The Labute approximate surface area is 201 Å². The van der Waals surface area contributed by atoms with E-state index in [-0.39, 0.29) is 5.56 Å². The number of Topliss-reactive ketones (excluding diaryl/α,β-unsaturated/α-hetero) is 1. The summed E-state index contributed by atoms with van der Waals surface area (Å²) >= 11 is 0. The highest BCUT2D eigenvalue weighted by atomic mass is 16.5. The van der Waals surface area contributed by atoms with E-state index in [0.29, 0.717) is 24.7 Å². The minimum absolute atomic E-state index is 0.0989. The highest BCUT2D eigenvalue weighted by Crippen LogP contribution is 2.24. The molecule has 0 aliphatic rings. The number of carboxylic acid groups (broad SMARTS) is 1. The van der Waals surface area contributed by atoms with Gasteiger partial charge in [0.15, 0.2) is 0 Å². The van der Waals surface area contributed by atoms with E-state index in [0.717, 1.165) is 25.7 Å². The maximum Gasteiger partial charge on any atom is 0.377 e. The van der Waals surface area contributed by atoms with Crippen molar-refractivity contribution in [3.05, 3.63) is 23.8 Å². The van der Waals surface area contributed by atoms with Crippen molar-refractivity contribution in [2.75, 3.05) is 13.2 Å². The van der Waals surface area contributed by atoms with Crippen LogP contribution in [-0.4, -0.2) is 30.1 Å². The first kappa shape index (κ1) is 29.0. The molecule has 0 aromatic heterocycles. The summed E-state index contributed by atoms with van der Waals surface area (Å²) in [6, 6.07) is 4.77. The fourth-order valence-electron chi connectivity index (χ4n) is 3.84. The van der Waals surface area contributed by atoms with Crippen molar-refractivity contribution in [3.63, 3.8) is 0 Å². The van der Waals surface area contributed by atoms with Gasteiger partial charge in [0.05, 0.1) is 13.2 Å². The maximum atomic E-state index is 12.0. The van der Waals surface area contributed by atoms with E-state index in [1.54, 1.807) is 6.07 Å². The van der Waals surface area contributed by atoms with Gasteiger partial charge >= 0.3 is 5.97 Å². The van der Waals surface area contributed by atoms with E-state index in [1.165, 1.54) is 89.2 Å². The van der Waals surface area contributed by atoms with Gasteiger partial charge in [-0.25, -0.2) is 4.79 Å². The van der Waals surface area contributed by atoms with Crippen LogP contribution in [0, 0.1) is 0 Å². The van der Waals surface area contributed by atoms with Crippen molar-refractivity contribution in [3.8, 4) is 11.5 Å². The Morgan fingerprint density at radius 1 is 0.606 bits per heavy atom. The predicted molar refractivity (Wildman–Crippen MR) is 135 cm³/mol. The van der Waals surface area contributed by atoms with E-state index in [2.05, 4.69) is 13.8 Å². The van der Waals surface area contributed by atoms with Crippen molar-refractivity contribution in [2.24, 2.45) is 0 Å². The molecule has 0 saturated carbocycles. The lowest BCUT2D eigenvalue weighted by molar-refractivity contribution is -0.131. The minimum atomic E-state index is -1.47. The molecule has 1 N–H and O–H groups in total. The average molecular weight is 463 g/mol. The Morgan fingerprint density at radius 3 is 1.33 bits per heavy atom. The molecule has 0 bridgehead atoms. The number of benzene rings is 1. The Hall–Kier alpha value is -2.04. The molecule has 0 aliphatic heterocycles. The van der Waals surface area contributed by atoms with Gasteiger partial charge in [-0.2, -0.15) is 0 Å². The molecule has 33 heavy (non-hydrogen) atoms. The zero-order valence-corrected chi connectivity index (χ0v) is 21.0. The molecule has 1 rings (SSSR count). The van der Waals surface area contributed by atoms with Crippen LogP contribution in [0.25, 0.3) is 0 Å². The van der Waals surface area contributed by atoms with Crippen LogP contribution < -0.4 is 9.47 Å². The molecule has 5 heteroatoms. The van der Waals surface area contributed by atoms with Crippen LogP contribution in [0.4, 0.5) is 0 Å². The summed E-state index contributed by atoms with van der Waals surface area (Å²) in [5, 5.41) is 9.09. The first-order valence-electron chi connectivity index (χ1n) is 13.3. The van der Waals surface area contributed by atoms with Crippen molar-refractivity contribution in [1.82, 2.24) is 0 Å². The molecule has 0 fully saturated rings. The number of hydrogen-bond acceptors (Lipinski definition) is 4. The Bertz CT molecular complexity index is 615. The quantitative estimate of drug-likeness (QED) is 0.107. The van der Waals surface area contributed by atoms with Crippen LogP contribution in [0.5, 0.6) is 11.5 Å². The van der Waals surface area contributed by atoms with Gasteiger partial charge in [-0.05, 0) is 25.0 Å². The topological polar surface area (TPSA) is 72.8 Å².